The van der Waals surface area contributed by atoms with Crippen LogP contribution in [0.1, 0.15) is 105 Å². The lowest BCUT2D eigenvalue weighted by molar-refractivity contribution is -0.142. The van der Waals surface area contributed by atoms with Crippen LogP contribution in [0.4, 0.5) is 0 Å². The summed E-state index contributed by atoms with van der Waals surface area (Å²) in [6.45, 7) is 18.4. The van der Waals surface area contributed by atoms with Gasteiger partial charge in [-0.2, -0.15) is 0 Å². The molecular weight excluding hydrogens is 1840 g/mol. The van der Waals surface area contributed by atoms with Crippen molar-refractivity contribution in [2.24, 2.45) is 16.2 Å². The number of ether oxygens (including phenoxy) is 2. The van der Waals surface area contributed by atoms with E-state index in [1.807, 2.05) is 4.90 Å². The molecule has 0 spiro atoms. The van der Waals surface area contributed by atoms with Crippen molar-refractivity contribution in [2.75, 3.05) is 84.5 Å². The lowest BCUT2D eigenvalue weighted by Gasteiger charge is -2.45. The van der Waals surface area contributed by atoms with Crippen molar-refractivity contribution < 1.29 is 67.9 Å². The van der Waals surface area contributed by atoms with Crippen molar-refractivity contribution in [2.45, 2.75) is 93.9 Å². The van der Waals surface area contributed by atoms with Gasteiger partial charge in [0.15, 0.2) is 0 Å². The molecule has 0 aliphatic carbocycles. The Morgan fingerprint density at radius 3 is 0.963 bits per heavy atom. The number of halogens is 5. The number of pyridine rings is 8. The number of aliphatic carboxylic acids is 1. The van der Waals surface area contributed by atoms with Crippen LogP contribution in [0.5, 0.6) is 23.0 Å². The van der Waals surface area contributed by atoms with E-state index in [1.54, 1.807) is 124 Å². The van der Waals surface area contributed by atoms with E-state index in [4.69, 9.17) is 72.6 Å². The van der Waals surface area contributed by atoms with Gasteiger partial charge in [0.25, 0.3) is 45.9 Å². The molecule has 4 aliphatic rings. The highest BCUT2D eigenvalue weighted by Gasteiger charge is 2.40. The van der Waals surface area contributed by atoms with E-state index in [0.29, 0.717) is 125 Å². The summed E-state index contributed by atoms with van der Waals surface area (Å²) in [5, 5.41) is 46.1. The standard InChI is InChI=1S/C29H33ClN6O5.C25H26Cl2N4O4.C23H23ClN4O4.C18H14ClN3O5/c1-29(2)17-35(18-29)25(38)16-36-26-20(11-22(14-32-26)41-10-9-34-8-7-31-24(37)15-34)12-23(28(36)40)27(39)33-13-19-3-5-21(30)6-4-19;1-25(2)14-30(15-25)21(32)13-31-22-17(9-19(12-28-22)35-8-7-26)10-20(24(31)34)23(33)29-11-16-3-5-18(27)6-4-16;1-23(2)12-27(13-23)19(30)11-28-20-15(7-17(29)10-25-20)8-18(22(28)32)21(31)26-9-14-3-5-16(24)6-4-14;19-12-3-1-10(2-4-12)7-21-17(26)14-6-11-5-13(23)8-20-16(11)22(18(14)27)9-15(24)25/h3-6,11-12,14H,7-10,13,15-18H2,1-2H3,(H,31,37)(H,33,39);3-6,9-10,12H,7-8,11,13-15H2,1-2H3,(H,29,33);3-8,10,29H,9,11-13H2,1-2H3,(H,26,31);1-6,8,23H,7,9H2,(H,21,26)(H,24,25). The zero-order chi connectivity index (χ0) is 96.9. The Balaban J connectivity index is 0.000000154. The molecular formula is C95H96Cl5N17O18. The summed E-state index contributed by atoms with van der Waals surface area (Å²) in [5.41, 5.74) is 1.15. The van der Waals surface area contributed by atoms with Gasteiger partial charge in [0.1, 0.15) is 107 Å². The molecule has 0 atom stereocenters. The number of aromatic hydroxyl groups is 2. The monoisotopic (exact) mass is 1940 g/mol. The predicted octanol–water partition coefficient (Wildman–Crippen LogP) is 9.45. The first-order valence-corrected chi connectivity index (χ1v) is 44.8. The molecule has 8 N–H and O–H groups in total. The van der Waals surface area contributed by atoms with Crippen LogP contribution in [0.3, 0.4) is 0 Å². The van der Waals surface area contributed by atoms with E-state index in [2.05, 4.69) is 88.1 Å². The van der Waals surface area contributed by atoms with E-state index >= 15 is 0 Å². The number of carbonyl (C=O) groups excluding carboxylic acids is 8. The summed E-state index contributed by atoms with van der Waals surface area (Å²) in [5.74, 6) is -3.33. The molecule has 12 aromatic rings. The number of benzene rings is 4. The second-order valence-corrected chi connectivity index (χ2v) is 37.2. The normalized spacial score (nSPS) is 14.5. The van der Waals surface area contributed by atoms with E-state index < -0.39 is 58.4 Å². The number of rotatable bonds is 27. The molecule has 35 nitrogen and oxygen atoms in total. The van der Waals surface area contributed by atoms with Crippen molar-refractivity contribution in [1.29, 1.82) is 0 Å². The van der Waals surface area contributed by atoms with Crippen LogP contribution in [0, 0.1) is 16.2 Å². The number of nitrogens with zero attached hydrogens (tertiary/aromatic N) is 12. The summed E-state index contributed by atoms with van der Waals surface area (Å²) in [7, 11) is 0. The molecule has 0 unspecified atom stereocenters. The highest BCUT2D eigenvalue weighted by Crippen LogP contribution is 2.33. The number of alkyl halides is 1. The molecule has 4 saturated heterocycles. The third-order valence-corrected chi connectivity index (χ3v) is 23.3. The molecule has 135 heavy (non-hydrogen) atoms. The van der Waals surface area contributed by atoms with Crippen LogP contribution in [0.25, 0.3) is 44.1 Å². The number of nitrogens with one attached hydrogen (secondary N) is 5. The molecule has 0 saturated carbocycles. The number of piperazine rings is 1. The number of hydrogen-bond acceptors (Lipinski definition) is 22. The van der Waals surface area contributed by atoms with Crippen LogP contribution in [-0.2, 0) is 76.3 Å². The van der Waals surface area contributed by atoms with Gasteiger partial charge < -0.3 is 66.1 Å². The lowest BCUT2D eigenvalue weighted by atomic mass is 9.84. The average Bonchev–Trinajstić information content (AvgIpc) is 0.780. The number of aromatic nitrogens is 8. The summed E-state index contributed by atoms with van der Waals surface area (Å²) < 4.78 is 16.0. The van der Waals surface area contributed by atoms with Gasteiger partial charge in [-0.05, 0) is 136 Å². The summed E-state index contributed by atoms with van der Waals surface area (Å²) in [4.78, 5) is 190. The zero-order valence-electron chi connectivity index (χ0n) is 74.2. The van der Waals surface area contributed by atoms with Crippen molar-refractivity contribution in [3.8, 4) is 23.0 Å². The quantitative estimate of drug-likeness (QED) is 0.0222. The Morgan fingerprint density at radius 1 is 0.400 bits per heavy atom. The second-order valence-electron chi connectivity index (χ2n) is 35.1. The number of carbonyl (C=O) groups is 9. The maximum absolute atomic E-state index is 13.5. The SMILES string of the molecule is CC1(C)CN(C(=O)Cn2c(=O)c(C(=O)NCc3ccc(Cl)cc3)cc3cc(O)cnc32)C1.CC1(C)CN(C(=O)Cn2c(=O)c(C(=O)NCc3ccc(Cl)cc3)cc3cc(OCCCl)cnc32)C1.CC1(C)CN(C(=O)Cn2c(=O)c(C(=O)NCc3ccc(Cl)cc3)cc3cc(OCCN4CCNC(=O)C4)cnc32)C1.O=C(O)Cn1c(=O)c(C(=O)NCc2ccc(Cl)cc2)cc2cc(O)cnc21. The minimum absolute atomic E-state index is 0.0141. The van der Waals surface area contributed by atoms with E-state index in [0.717, 1.165) is 39.6 Å². The Kier molecular flexibility index (Phi) is 31.4. The first-order chi connectivity index (χ1) is 64.2. The van der Waals surface area contributed by atoms with Gasteiger partial charge in [0, 0.05) is 127 Å². The first-order valence-electron chi connectivity index (χ1n) is 42.7. The predicted molar refractivity (Wildman–Crippen MR) is 508 cm³/mol. The van der Waals surface area contributed by atoms with Crippen LogP contribution in [0.2, 0.25) is 20.1 Å². The van der Waals surface area contributed by atoms with Gasteiger partial charge in [-0.25, -0.2) is 19.9 Å². The van der Waals surface area contributed by atoms with Gasteiger partial charge in [-0.3, -0.25) is 85.5 Å². The molecule has 4 fully saturated rings. The van der Waals surface area contributed by atoms with Crippen molar-refractivity contribution >= 4 is 155 Å². The Labute approximate surface area is 796 Å². The number of carboxylic acid groups (broad SMARTS) is 1. The van der Waals surface area contributed by atoms with Gasteiger partial charge in [-0.15, -0.1) is 11.6 Å². The number of carboxylic acids is 1. The van der Waals surface area contributed by atoms with Crippen molar-refractivity contribution in [3.63, 3.8) is 0 Å². The summed E-state index contributed by atoms with van der Waals surface area (Å²) >= 11 is 29.3. The average molecular weight is 1940 g/mol. The van der Waals surface area contributed by atoms with E-state index in [1.165, 1.54) is 68.7 Å². The highest BCUT2D eigenvalue weighted by atomic mass is 35.5. The zero-order valence-corrected chi connectivity index (χ0v) is 78.0. The third kappa shape index (κ3) is 25.6. The maximum atomic E-state index is 13.5. The minimum Gasteiger partial charge on any atom is -0.506 e. The van der Waals surface area contributed by atoms with Gasteiger partial charge in [0.05, 0.1) is 37.2 Å². The van der Waals surface area contributed by atoms with Crippen molar-refractivity contribution in [3.05, 3.63) is 276 Å². The molecule has 8 aromatic heterocycles. The third-order valence-electron chi connectivity index (χ3n) is 22.2. The molecule has 4 aliphatic heterocycles. The fourth-order valence-corrected chi connectivity index (χ4v) is 16.2. The number of hydrogen-bond donors (Lipinski definition) is 8. The number of fused-ring (bicyclic) bond motifs is 4. The second kappa shape index (κ2) is 43.0. The molecule has 16 rings (SSSR count). The lowest BCUT2D eigenvalue weighted by Crippen LogP contribution is -2.56. The van der Waals surface area contributed by atoms with Crippen LogP contribution >= 0.6 is 58.0 Å². The molecule has 0 radical (unpaired) electrons. The molecule has 0 bridgehead atoms. The Morgan fingerprint density at radius 2 is 0.681 bits per heavy atom. The fraction of sp³-hybridized carbons (Fsp3) is 0.316. The highest BCUT2D eigenvalue weighted by molar-refractivity contribution is 6.31. The van der Waals surface area contributed by atoms with Gasteiger partial charge >= 0.3 is 5.97 Å². The fourth-order valence-electron chi connectivity index (χ4n) is 15.6. The number of likely N-dealkylation sites (tertiary alicyclic amines) is 3. The molecule has 4 aromatic carbocycles. The van der Waals surface area contributed by atoms with Crippen molar-refractivity contribution in [1.82, 2.24) is 84.4 Å². The number of amides is 8. The van der Waals surface area contributed by atoms with E-state index in [9.17, 15) is 72.5 Å². The molecule has 704 valence electrons. The smallest absolute Gasteiger partial charge is 0.323 e. The largest absolute Gasteiger partial charge is 0.506 e. The maximum Gasteiger partial charge on any atom is 0.323 e. The van der Waals surface area contributed by atoms with Gasteiger partial charge in [0.2, 0.25) is 23.6 Å². The Hall–Kier alpha value is -13.8. The van der Waals surface area contributed by atoms with Crippen LogP contribution in [0.15, 0.2) is 190 Å². The van der Waals surface area contributed by atoms with Gasteiger partial charge in [-0.1, -0.05) is 136 Å². The topological polar surface area (TPSA) is 445 Å². The minimum atomic E-state index is -1.26. The van der Waals surface area contributed by atoms with Crippen LogP contribution in [-0.4, -0.2) is 211 Å². The summed E-state index contributed by atoms with van der Waals surface area (Å²) in [6.07, 6.45) is 5.27. The first kappa shape index (κ1) is 98.7. The van der Waals surface area contributed by atoms with Crippen LogP contribution < -0.4 is 58.3 Å². The van der Waals surface area contributed by atoms with E-state index in [-0.39, 0.29) is 148 Å². The Bertz CT molecular complexity index is 6810. The molecule has 8 amide bonds. The molecule has 40 heteroatoms. The summed E-state index contributed by atoms with van der Waals surface area (Å²) in [6, 6.07) is 39.6. The molecule has 12 heterocycles.